The van der Waals surface area contributed by atoms with Crippen LogP contribution in [0.4, 0.5) is 9.59 Å². The molecule has 0 saturated carbocycles. The van der Waals surface area contributed by atoms with Gasteiger partial charge in [0.05, 0.1) is 13.2 Å². The van der Waals surface area contributed by atoms with Crippen molar-refractivity contribution in [1.82, 2.24) is 0 Å². The molecule has 0 heterocycles. The number of rotatable bonds is 20. The van der Waals surface area contributed by atoms with E-state index in [2.05, 4.69) is 55.4 Å². The lowest BCUT2D eigenvalue weighted by atomic mass is 9.98. The van der Waals surface area contributed by atoms with Gasteiger partial charge in [-0.15, -0.1) is 0 Å². The Labute approximate surface area is 246 Å². The maximum absolute atomic E-state index is 12.3. The molecule has 41 heavy (non-hydrogen) atoms. The van der Waals surface area contributed by atoms with Gasteiger partial charge in [-0.1, -0.05) is 55.4 Å². The topological polar surface area (TPSA) is 133 Å². The first-order valence-electron chi connectivity index (χ1n) is 14.8. The molecular weight excluding hydrogens is 536 g/mol. The van der Waals surface area contributed by atoms with Crippen molar-refractivity contribution in [3.63, 3.8) is 0 Å². The van der Waals surface area contributed by atoms with Crippen molar-refractivity contribution >= 4 is 24.2 Å². The Hall–Kier alpha value is -2.56. The molecule has 0 aromatic carbocycles. The second-order valence-corrected chi connectivity index (χ2v) is 12.0. The summed E-state index contributed by atoms with van der Waals surface area (Å²) < 4.78 is 36.1. The Morgan fingerprint density at radius 2 is 0.732 bits per heavy atom. The standard InChI is InChI=1S/C30H54O11/c1-19(2)15-25(16-20(3)4)40-27(31)23(9)38-29(33)36-13-11-35-12-14-37-30(34)39-24(10)28(32)41-26(17-21(5)6)18-22(7)8/h19-26H,11-18H2,1-10H3. The molecule has 0 bridgehead atoms. The van der Waals surface area contributed by atoms with E-state index < -0.39 is 36.5 Å². The van der Waals surface area contributed by atoms with Gasteiger partial charge in [0.15, 0.2) is 12.2 Å². The highest BCUT2D eigenvalue weighted by molar-refractivity contribution is 5.77. The molecule has 0 aromatic heterocycles. The van der Waals surface area contributed by atoms with E-state index in [1.54, 1.807) is 0 Å². The highest BCUT2D eigenvalue weighted by Gasteiger charge is 2.26. The van der Waals surface area contributed by atoms with Gasteiger partial charge in [0.1, 0.15) is 25.4 Å². The number of carbonyl (C=O) groups excluding carboxylic acids is 4. The van der Waals surface area contributed by atoms with Crippen LogP contribution in [0.5, 0.6) is 0 Å². The highest BCUT2D eigenvalue weighted by atomic mass is 16.7. The Bertz CT molecular complexity index is 682. The largest absolute Gasteiger partial charge is 0.509 e. The van der Waals surface area contributed by atoms with Crippen LogP contribution in [0.15, 0.2) is 0 Å². The predicted octanol–water partition coefficient (Wildman–Crippen LogP) is 6.09. The molecule has 11 nitrogen and oxygen atoms in total. The summed E-state index contributed by atoms with van der Waals surface area (Å²) >= 11 is 0. The number of hydrogen-bond acceptors (Lipinski definition) is 11. The van der Waals surface area contributed by atoms with E-state index >= 15 is 0 Å². The summed E-state index contributed by atoms with van der Waals surface area (Å²) in [5, 5.41) is 0. The molecule has 0 aliphatic rings. The van der Waals surface area contributed by atoms with Crippen molar-refractivity contribution in [3.05, 3.63) is 0 Å². The molecule has 0 aromatic rings. The maximum atomic E-state index is 12.3. The van der Waals surface area contributed by atoms with E-state index in [0.717, 1.165) is 25.7 Å². The first kappa shape index (κ1) is 38.4. The van der Waals surface area contributed by atoms with Crippen LogP contribution in [0.1, 0.15) is 94.9 Å². The van der Waals surface area contributed by atoms with Crippen molar-refractivity contribution < 1.29 is 52.3 Å². The summed E-state index contributed by atoms with van der Waals surface area (Å²) in [6, 6.07) is 0. The summed E-state index contributed by atoms with van der Waals surface area (Å²) in [7, 11) is 0. The minimum absolute atomic E-state index is 0.00695. The molecule has 0 amide bonds. The lowest BCUT2D eigenvalue weighted by Crippen LogP contribution is -2.32. The van der Waals surface area contributed by atoms with E-state index in [4.69, 9.17) is 33.2 Å². The van der Waals surface area contributed by atoms with Crippen LogP contribution in [0.3, 0.4) is 0 Å². The summed E-state index contributed by atoms with van der Waals surface area (Å²) in [5.74, 6) is 0.191. The van der Waals surface area contributed by atoms with Crippen molar-refractivity contribution in [2.24, 2.45) is 23.7 Å². The third-order valence-corrected chi connectivity index (χ3v) is 5.61. The van der Waals surface area contributed by atoms with Gasteiger partial charge in [0, 0.05) is 0 Å². The van der Waals surface area contributed by atoms with Crippen LogP contribution >= 0.6 is 0 Å². The summed E-state index contributed by atoms with van der Waals surface area (Å²) in [6.07, 6.45) is -1.85. The monoisotopic (exact) mass is 590 g/mol. The number of hydrogen-bond donors (Lipinski definition) is 0. The second kappa shape index (κ2) is 21.2. The van der Waals surface area contributed by atoms with Gasteiger partial charge >= 0.3 is 24.2 Å². The Balaban J connectivity index is 4.18. The molecule has 2 atom stereocenters. The molecule has 2 unspecified atom stereocenters. The highest BCUT2D eigenvalue weighted by Crippen LogP contribution is 2.19. The van der Waals surface area contributed by atoms with Crippen molar-refractivity contribution in [1.29, 1.82) is 0 Å². The molecule has 0 aliphatic carbocycles. The lowest BCUT2D eigenvalue weighted by molar-refractivity contribution is -0.161. The SMILES string of the molecule is CC(C)CC(CC(C)C)OC(=O)C(C)OC(=O)OCCOCCOC(=O)OC(C)C(=O)OC(CC(C)C)CC(C)C. The summed E-state index contributed by atoms with van der Waals surface area (Å²) in [4.78, 5) is 48.4. The molecule has 0 N–H and O–H groups in total. The molecule has 0 saturated heterocycles. The first-order chi connectivity index (χ1) is 19.1. The van der Waals surface area contributed by atoms with Crippen LogP contribution in [-0.4, -0.2) is 75.1 Å². The third-order valence-electron chi connectivity index (χ3n) is 5.61. The zero-order valence-electron chi connectivity index (χ0n) is 26.8. The normalized spacial score (nSPS) is 13.1. The molecule has 0 radical (unpaired) electrons. The van der Waals surface area contributed by atoms with Gasteiger partial charge in [0.25, 0.3) is 0 Å². The molecule has 0 fully saturated rings. The van der Waals surface area contributed by atoms with Crippen LogP contribution in [0, 0.1) is 23.7 Å². The molecular formula is C30H54O11. The smallest absolute Gasteiger partial charge is 0.460 e. The predicted molar refractivity (Wildman–Crippen MR) is 152 cm³/mol. The molecule has 11 heteroatoms. The zero-order chi connectivity index (χ0) is 31.5. The van der Waals surface area contributed by atoms with Gasteiger partial charge in [0.2, 0.25) is 0 Å². The van der Waals surface area contributed by atoms with Gasteiger partial charge in [-0.05, 0) is 63.2 Å². The van der Waals surface area contributed by atoms with Crippen LogP contribution in [0.25, 0.3) is 0 Å². The van der Waals surface area contributed by atoms with Crippen molar-refractivity contribution in [2.45, 2.75) is 119 Å². The maximum Gasteiger partial charge on any atom is 0.509 e. The molecule has 0 aliphatic heterocycles. The fourth-order valence-electron chi connectivity index (χ4n) is 3.93. The van der Waals surface area contributed by atoms with Gasteiger partial charge < -0.3 is 33.2 Å². The van der Waals surface area contributed by atoms with Crippen LogP contribution in [-0.2, 0) is 42.7 Å². The summed E-state index contributed by atoms with van der Waals surface area (Å²) in [5.41, 5.74) is 0. The quantitative estimate of drug-likeness (QED) is 0.0926. The first-order valence-corrected chi connectivity index (χ1v) is 14.8. The number of carbonyl (C=O) groups is 4. The Kier molecular flexibility index (Phi) is 19.9. The Morgan fingerprint density at radius 1 is 0.439 bits per heavy atom. The fraction of sp³-hybridized carbons (Fsp3) is 0.867. The van der Waals surface area contributed by atoms with E-state index in [1.165, 1.54) is 13.8 Å². The summed E-state index contributed by atoms with van der Waals surface area (Å²) in [6.45, 7) is 19.0. The average Bonchev–Trinajstić information content (AvgIpc) is 2.81. The van der Waals surface area contributed by atoms with Gasteiger partial charge in [-0.25, -0.2) is 19.2 Å². The minimum atomic E-state index is -1.11. The van der Waals surface area contributed by atoms with Gasteiger partial charge in [-0.2, -0.15) is 0 Å². The van der Waals surface area contributed by atoms with E-state index in [-0.39, 0.29) is 38.6 Å². The van der Waals surface area contributed by atoms with Crippen molar-refractivity contribution in [3.8, 4) is 0 Å². The van der Waals surface area contributed by atoms with E-state index in [9.17, 15) is 19.2 Å². The van der Waals surface area contributed by atoms with Crippen LogP contribution in [0.2, 0.25) is 0 Å². The van der Waals surface area contributed by atoms with Crippen LogP contribution < -0.4 is 0 Å². The minimum Gasteiger partial charge on any atom is -0.460 e. The fourth-order valence-corrected chi connectivity index (χ4v) is 3.93. The molecule has 0 spiro atoms. The van der Waals surface area contributed by atoms with Crippen molar-refractivity contribution in [2.75, 3.05) is 26.4 Å². The lowest BCUT2D eigenvalue weighted by Gasteiger charge is -2.23. The third kappa shape index (κ3) is 20.9. The number of ether oxygens (including phenoxy) is 7. The molecule has 240 valence electrons. The van der Waals surface area contributed by atoms with E-state index in [0.29, 0.717) is 23.7 Å². The second-order valence-electron chi connectivity index (χ2n) is 12.0. The zero-order valence-corrected chi connectivity index (χ0v) is 26.8. The Morgan fingerprint density at radius 3 is 1.00 bits per heavy atom. The molecule has 0 rings (SSSR count). The van der Waals surface area contributed by atoms with E-state index in [1.807, 2.05) is 0 Å². The van der Waals surface area contributed by atoms with Gasteiger partial charge in [-0.3, -0.25) is 0 Å². The average molecular weight is 591 g/mol. The number of esters is 2.